The van der Waals surface area contributed by atoms with Gasteiger partial charge in [0.05, 0.1) is 0 Å². The molecule has 20 heavy (non-hydrogen) atoms. The molecular formula is C18H20BrN. The van der Waals surface area contributed by atoms with Crippen molar-refractivity contribution < 1.29 is 0 Å². The van der Waals surface area contributed by atoms with Crippen molar-refractivity contribution in [3.63, 3.8) is 0 Å². The predicted octanol–water partition coefficient (Wildman–Crippen LogP) is 5.42. The normalized spacial score (nSPS) is 21.4. The molecule has 0 atom stereocenters. The minimum absolute atomic E-state index is 0.616. The van der Waals surface area contributed by atoms with Gasteiger partial charge in [0, 0.05) is 16.2 Å². The maximum absolute atomic E-state index is 3.65. The molecule has 104 valence electrons. The van der Waals surface area contributed by atoms with Gasteiger partial charge >= 0.3 is 0 Å². The van der Waals surface area contributed by atoms with Gasteiger partial charge in [-0.1, -0.05) is 34.1 Å². The molecule has 3 rings (SSSR count). The second-order valence-corrected chi connectivity index (χ2v) is 6.78. The van der Waals surface area contributed by atoms with Gasteiger partial charge in [-0.15, -0.1) is 0 Å². The Morgan fingerprint density at radius 1 is 0.950 bits per heavy atom. The Morgan fingerprint density at radius 3 is 2.30 bits per heavy atom. The number of rotatable bonds is 3. The molecule has 2 aromatic rings. The molecule has 1 saturated carbocycles. The van der Waals surface area contributed by atoms with Gasteiger partial charge in [0.15, 0.2) is 0 Å². The fourth-order valence-corrected chi connectivity index (χ4v) is 3.07. The predicted molar refractivity (Wildman–Crippen MR) is 89.4 cm³/mol. The summed E-state index contributed by atoms with van der Waals surface area (Å²) in [5.41, 5.74) is 5.44. The Kier molecular flexibility index (Phi) is 3.84. The summed E-state index contributed by atoms with van der Waals surface area (Å²) in [6.45, 7) is 4.33. The zero-order valence-electron chi connectivity index (χ0n) is 12.0. The Labute approximate surface area is 129 Å². The number of anilines is 1. The molecule has 1 N–H and O–H groups in total. The minimum atomic E-state index is 0.616. The maximum atomic E-state index is 3.65. The Bertz CT molecular complexity index is 597. The highest BCUT2D eigenvalue weighted by Gasteiger charge is 2.30. The number of hydrogen-bond acceptors (Lipinski definition) is 1. The summed E-state index contributed by atoms with van der Waals surface area (Å²) >= 11 is 3.49. The van der Waals surface area contributed by atoms with Crippen molar-refractivity contribution in [2.75, 3.05) is 5.32 Å². The number of halogens is 1. The van der Waals surface area contributed by atoms with Crippen LogP contribution in [-0.2, 0) is 0 Å². The Morgan fingerprint density at radius 2 is 1.65 bits per heavy atom. The smallest absolute Gasteiger partial charge is 0.0345 e. The molecule has 0 aromatic heterocycles. The van der Waals surface area contributed by atoms with Crippen LogP contribution in [0.3, 0.4) is 0 Å². The molecule has 0 spiro atoms. The van der Waals surface area contributed by atoms with Crippen LogP contribution >= 0.6 is 15.9 Å². The highest BCUT2D eigenvalue weighted by atomic mass is 79.9. The summed E-state index contributed by atoms with van der Waals surface area (Å²) in [7, 11) is 0. The standard InChI is InChI=1S/C18H20BrN/c1-12-3-8-17(9-13(12)2)20-18-10-15(11-18)14-4-6-16(19)7-5-14/h3-9,15,18,20H,10-11H2,1-2H3. The van der Waals surface area contributed by atoms with E-state index in [0.29, 0.717) is 12.0 Å². The van der Waals surface area contributed by atoms with E-state index in [4.69, 9.17) is 0 Å². The van der Waals surface area contributed by atoms with Crippen molar-refractivity contribution in [2.45, 2.75) is 38.6 Å². The molecule has 0 aliphatic heterocycles. The van der Waals surface area contributed by atoms with Gasteiger partial charge in [0.2, 0.25) is 0 Å². The fourth-order valence-electron chi connectivity index (χ4n) is 2.81. The lowest BCUT2D eigenvalue weighted by molar-refractivity contribution is 0.374. The van der Waals surface area contributed by atoms with Gasteiger partial charge in [-0.2, -0.15) is 0 Å². The lowest BCUT2D eigenvalue weighted by atomic mass is 9.76. The highest BCUT2D eigenvalue weighted by molar-refractivity contribution is 9.10. The van der Waals surface area contributed by atoms with E-state index in [1.807, 2.05) is 0 Å². The first-order chi connectivity index (χ1) is 9.61. The van der Waals surface area contributed by atoms with Crippen molar-refractivity contribution in [2.24, 2.45) is 0 Å². The molecule has 1 fully saturated rings. The van der Waals surface area contributed by atoms with Crippen molar-refractivity contribution in [3.05, 3.63) is 63.6 Å². The summed E-state index contributed by atoms with van der Waals surface area (Å²) in [5, 5.41) is 3.65. The lowest BCUT2D eigenvalue weighted by Gasteiger charge is -2.37. The first-order valence-corrected chi connectivity index (χ1v) is 8.00. The van der Waals surface area contributed by atoms with Crippen LogP contribution in [0.2, 0.25) is 0 Å². The lowest BCUT2D eigenvalue weighted by Crippen LogP contribution is -2.33. The van der Waals surface area contributed by atoms with Crippen LogP contribution in [0.5, 0.6) is 0 Å². The molecule has 0 bridgehead atoms. The molecule has 0 unspecified atom stereocenters. The molecule has 1 nitrogen and oxygen atoms in total. The summed E-state index contributed by atoms with van der Waals surface area (Å²) in [6.07, 6.45) is 2.46. The monoisotopic (exact) mass is 329 g/mol. The van der Waals surface area contributed by atoms with E-state index in [-0.39, 0.29) is 0 Å². The van der Waals surface area contributed by atoms with Crippen LogP contribution in [0.1, 0.15) is 35.4 Å². The number of aryl methyl sites for hydroxylation is 2. The fraction of sp³-hybridized carbons (Fsp3) is 0.333. The number of benzene rings is 2. The Balaban J connectivity index is 1.58. The van der Waals surface area contributed by atoms with Crippen molar-refractivity contribution in [1.82, 2.24) is 0 Å². The number of nitrogens with one attached hydrogen (secondary N) is 1. The van der Waals surface area contributed by atoms with E-state index in [1.54, 1.807) is 0 Å². The van der Waals surface area contributed by atoms with E-state index in [0.717, 1.165) is 4.47 Å². The second kappa shape index (κ2) is 5.61. The molecule has 0 radical (unpaired) electrons. The van der Waals surface area contributed by atoms with Crippen LogP contribution in [0.4, 0.5) is 5.69 Å². The van der Waals surface area contributed by atoms with Gasteiger partial charge in [-0.3, -0.25) is 0 Å². The number of hydrogen-bond donors (Lipinski definition) is 1. The molecule has 2 heteroatoms. The zero-order chi connectivity index (χ0) is 14.1. The van der Waals surface area contributed by atoms with Gasteiger partial charge in [0.25, 0.3) is 0 Å². The molecule has 1 aliphatic rings. The molecule has 0 heterocycles. The average molecular weight is 330 g/mol. The van der Waals surface area contributed by atoms with Crippen LogP contribution in [0, 0.1) is 13.8 Å². The second-order valence-electron chi connectivity index (χ2n) is 5.86. The van der Waals surface area contributed by atoms with Crippen molar-refractivity contribution in [1.29, 1.82) is 0 Å². The van der Waals surface area contributed by atoms with Gasteiger partial charge in [-0.05, 0) is 73.6 Å². The van der Waals surface area contributed by atoms with E-state index in [9.17, 15) is 0 Å². The van der Waals surface area contributed by atoms with Gasteiger partial charge in [-0.25, -0.2) is 0 Å². The first kappa shape index (κ1) is 13.7. The summed E-state index contributed by atoms with van der Waals surface area (Å²) < 4.78 is 1.16. The molecular weight excluding hydrogens is 310 g/mol. The molecule has 2 aromatic carbocycles. The SMILES string of the molecule is Cc1ccc(NC2CC(c3ccc(Br)cc3)C2)cc1C. The molecule has 1 aliphatic carbocycles. The Hall–Kier alpha value is -1.28. The first-order valence-electron chi connectivity index (χ1n) is 7.21. The van der Waals surface area contributed by atoms with Crippen LogP contribution in [0.15, 0.2) is 46.9 Å². The van der Waals surface area contributed by atoms with E-state index in [2.05, 4.69) is 77.6 Å². The van der Waals surface area contributed by atoms with E-state index in [1.165, 1.54) is 35.2 Å². The molecule has 0 amide bonds. The van der Waals surface area contributed by atoms with Crippen LogP contribution in [0.25, 0.3) is 0 Å². The maximum Gasteiger partial charge on any atom is 0.0345 e. The summed E-state index contributed by atoms with van der Waals surface area (Å²) in [5.74, 6) is 0.715. The average Bonchev–Trinajstić information content (AvgIpc) is 2.39. The zero-order valence-corrected chi connectivity index (χ0v) is 13.6. The largest absolute Gasteiger partial charge is 0.382 e. The van der Waals surface area contributed by atoms with E-state index < -0.39 is 0 Å². The summed E-state index contributed by atoms with van der Waals surface area (Å²) in [6, 6.07) is 16.0. The van der Waals surface area contributed by atoms with Gasteiger partial charge < -0.3 is 5.32 Å². The highest BCUT2D eigenvalue weighted by Crippen LogP contribution is 2.38. The third-order valence-electron chi connectivity index (χ3n) is 4.36. The van der Waals surface area contributed by atoms with Crippen molar-refractivity contribution in [3.8, 4) is 0 Å². The summed E-state index contributed by atoms with van der Waals surface area (Å²) in [4.78, 5) is 0. The van der Waals surface area contributed by atoms with Crippen LogP contribution in [-0.4, -0.2) is 6.04 Å². The molecule has 0 saturated heterocycles. The quantitative estimate of drug-likeness (QED) is 0.792. The van der Waals surface area contributed by atoms with E-state index >= 15 is 0 Å². The minimum Gasteiger partial charge on any atom is -0.382 e. The van der Waals surface area contributed by atoms with Crippen molar-refractivity contribution >= 4 is 21.6 Å². The van der Waals surface area contributed by atoms with Gasteiger partial charge in [0.1, 0.15) is 0 Å². The third-order valence-corrected chi connectivity index (χ3v) is 4.89. The third kappa shape index (κ3) is 2.90. The topological polar surface area (TPSA) is 12.0 Å². The van der Waals surface area contributed by atoms with Crippen LogP contribution < -0.4 is 5.32 Å².